The highest BCUT2D eigenvalue weighted by Crippen LogP contribution is 2.40. The summed E-state index contributed by atoms with van der Waals surface area (Å²) in [6.45, 7) is 5.95. The number of halogens is 1. The van der Waals surface area contributed by atoms with Crippen LogP contribution in [0.1, 0.15) is 36.7 Å². The van der Waals surface area contributed by atoms with Crippen LogP contribution in [0.4, 0.5) is 4.53 Å². The first kappa shape index (κ1) is 17.0. The van der Waals surface area contributed by atoms with E-state index in [0.29, 0.717) is 5.56 Å². The fourth-order valence-electron chi connectivity index (χ4n) is 2.93. The lowest BCUT2D eigenvalue weighted by molar-refractivity contribution is -0.0789. The van der Waals surface area contributed by atoms with E-state index in [9.17, 15) is 14.4 Å². The van der Waals surface area contributed by atoms with Gasteiger partial charge in [-0.2, -0.15) is 0 Å². The Morgan fingerprint density at radius 3 is 2.36 bits per heavy atom. The summed E-state index contributed by atoms with van der Waals surface area (Å²) in [5, 5.41) is 12.6. The second kappa shape index (κ2) is 6.20. The molecule has 3 aromatic carbocycles. The molecule has 1 N–H and O–H groups in total. The average Bonchev–Trinajstić information content (AvgIpc) is 2.60. The molecule has 3 nitrogen and oxygen atoms in total. The molecule has 25 heavy (non-hydrogen) atoms. The number of fused-ring (bicyclic) bond motifs is 1. The molecular formula is C21H19FO3. The van der Waals surface area contributed by atoms with Crippen LogP contribution in [0.5, 0.6) is 5.75 Å². The van der Waals surface area contributed by atoms with Gasteiger partial charge in [-0.15, -0.1) is 0 Å². The average molecular weight is 338 g/mol. The highest BCUT2D eigenvalue weighted by atomic mass is 19.3. The van der Waals surface area contributed by atoms with Gasteiger partial charge in [0.1, 0.15) is 11.3 Å². The second-order valence-electron chi connectivity index (χ2n) is 7.06. The SMILES string of the molecule is CC(C)(C)c1cc(C(=O)OF)c(O)c(-c2cccc3ccccc23)c1. The van der Waals surface area contributed by atoms with Crippen molar-refractivity contribution in [3.05, 3.63) is 65.7 Å². The van der Waals surface area contributed by atoms with E-state index in [2.05, 4.69) is 4.94 Å². The first-order valence-corrected chi connectivity index (χ1v) is 8.01. The van der Waals surface area contributed by atoms with Gasteiger partial charge < -0.3 is 5.11 Å². The van der Waals surface area contributed by atoms with Crippen molar-refractivity contribution in [3.63, 3.8) is 0 Å². The number of aromatic hydroxyl groups is 1. The zero-order valence-electron chi connectivity index (χ0n) is 14.3. The monoisotopic (exact) mass is 338 g/mol. The van der Waals surface area contributed by atoms with Gasteiger partial charge in [0, 0.05) is 10.1 Å². The van der Waals surface area contributed by atoms with Gasteiger partial charge in [-0.1, -0.05) is 63.2 Å². The first-order chi connectivity index (χ1) is 11.8. The van der Waals surface area contributed by atoms with E-state index in [4.69, 9.17) is 0 Å². The summed E-state index contributed by atoms with van der Waals surface area (Å²) in [4.78, 5) is 15.2. The van der Waals surface area contributed by atoms with Crippen LogP contribution < -0.4 is 0 Å². The molecule has 0 spiro atoms. The fraction of sp³-hybridized carbons (Fsp3) is 0.190. The molecule has 0 amide bonds. The van der Waals surface area contributed by atoms with Crippen LogP contribution in [-0.4, -0.2) is 11.1 Å². The van der Waals surface area contributed by atoms with Gasteiger partial charge in [-0.3, -0.25) is 0 Å². The molecular weight excluding hydrogens is 319 g/mol. The number of rotatable bonds is 2. The summed E-state index contributed by atoms with van der Waals surface area (Å²) in [7, 11) is 0. The van der Waals surface area contributed by atoms with Crippen molar-refractivity contribution in [2.75, 3.05) is 0 Å². The maximum absolute atomic E-state index is 12.5. The van der Waals surface area contributed by atoms with E-state index in [-0.39, 0.29) is 16.7 Å². The number of phenols is 1. The van der Waals surface area contributed by atoms with E-state index < -0.39 is 5.97 Å². The van der Waals surface area contributed by atoms with E-state index in [0.717, 1.165) is 21.9 Å². The van der Waals surface area contributed by atoms with Crippen LogP contribution in [0.25, 0.3) is 21.9 Å². The molecule has 3 rings (SSSR count). The highest BCUT2D eigenvalue weighted by molar-refractivity contribution is 6.01. The van der Waals surface area contributed by atoms with E-state index in [1.54, 1.807) is 0 Å². The van der Waals surface area contributed by atoms with E-state index in [1.165, 1.54) is 6.07 Å². The molecule has 3 aromatic rings. The Balaban J connectivity index is 2.36. The van der Waals surface area contributed by atoms with Crippen LogP contribution in [0.3, 0.4) is 0 Å². The second-order valence-corrected chi connectivity index (χ2v) is 7.06. The zero-order chi connectivity index (χ0) is 18.2. The largest absolute Gasteiger partial charge is 0.506 e. The van der Waals surface area contributed by atoms with Crippen molar-refractivity contribution in [1.29, 1.82) is 0 Å². The molecule has 0 saturated carbocycles. The summed E-state index contributed by atoms with van der Waals surface area (Å²) >= 11 is 0. The summed E-state index contributed by atoms with van der Waals surface area (Å²) in [5.41, 5.74) is 1.57. The van der Waals surface area contributed by atoms with Gasteiger partial charge in [0.15, 0.2) is 0 Å². The Kier molecular flexibility index (Phi) is 4.21. The van der Waals surface area contributed by atoms with Gasteiger partial charge >= 0.3 is 5.97 Å². The molecule has 0 aromatic heterocycles. The standard InChI is InChI=1S/C21H19FO3/c1-21(2,3)14-11-17(19(23)18(12-14)20(24)25-22)16-10-6-8-13-7-4-5-9-15(13)16/h4-12,23H,1-3H3. The predicted octanol–water partition coefficient (Wildman–Crippen LogP) is 5.55. The van der Waals surface area contributed by atoms with Gasteiger partial charge in [-0.25, -0.2) is 9.74 Å². The molecule has 0 atom stereocenters. The summed E-state index contributed by atoms with van der Waals surface area (Å²) in [5.74, 6) is -1.49. The molecule has 0 unspecified atom stereocenters. The molecule has 0 saturated heterocycles. The molecule has 0 aliphatic carbocycles. The predicted molar refractivity (Wildman–Crippen MR) is 96.3 cm³/mol. The third-order valence-corrected chi connectivity index (χ3v) is 4.35. The number of benzene rings is 3. The van der Waals surface area contributed by atoms with Gasteiger partial charge in [-0.05, 0) is 39.4 Å². The van der Waals surface area contributed by atoms with Crippen molar-refractivity contribution < 1.29 is 19.4 Å². The smallest absolute Gasteiger partial charge is 0.383 e. The number of carbonyl (C=O) groups is 1. The molecule has 4 heteroatoms. The van der Waals surface area contributed by atoms with Crippen molar-refractivity contribution in [2.24, 2.45) is 0 Å². The molecule has 128 valence electrons. The van der Waals surface area contributed by atoms with Gasteiger partial charge in [0.2, 0.25) is 0 Å². The lowest BCUT2D eigenvalue weighted by atomic mass is 9.83. The third kappa shape index (κ3) is 3.07. The lowest BCUT2D eigenvalue weighted by Crippen LogP contribution is -2.13. The van der Waals surface area contributed by atoms with Gasteiger partial charge in [0.25, 0.3) is 0 Å². The number of phenolic OH excluding ortho intramolecular Hbond substituents is 1. The van der Waals surface area contributed by atoms with E-state index in [1.807, 2.05) is 69.3 Å². The molecule has 0 aliphatic heterocycles. The summed E-state index contributed by atoms with van der Waals surface area (Å²) in [6, 6.07) is 16.8. The molecule has 0 fully saturated rings. The summed E-state index contributed by atoms with van der Waals surface area (Å²) in [6.07, 6.45) is 0. The Labute approximate surface area is 145 Å². The third-order valence-electron chi connectivity index (χ3n) is 4.35. The lowest BCUT2D eigenvalue weighted by Gasteiger charge is -2.22. The Morgan fingerprint density at radius 2 is 1.68 bits per heavy atom. The number of hydrogen-bond donors (Lipinski definition) is 1. The highest BCUT2D eigenvalue weighted by Gasteiger charge is 2.24. The minimum atomic E-state index is -1.20. The van der Waals surface area contributed by atoms with Crippen molar-refractivity contribution in [2.45, 2.75) is 26.2 Å². The van der Waals surface area contributed by atoms with E-state index >= 15 is 0 Å². The van der Waals surface area contributed by atoms with Crippen LogP contribution in [0, 0.1) is 0 Å². The normalized spacial score (nSPS) is 11.5. The maximum Gasteiger partial charge on any atom is 0.383 e. The Hall–Kier alpha value is -2.88. The minimum Gasteiger partial charge on any atom is -0.506 e. The molecule has 0 heterocycles. The number of hydrogen-bond acceptors (Lipinski definition) is 3. The summed E-state index contributed by atoms with van der Waals surface area (Å²) < 4.78 is 12.5. The van der Waals surface area contributed by atoms with Crippen LogP contribution in [-0.2, 0) is 10.4 Å². The minimum absolute atomic E-state index is 0.183. The fourth-order valence-corrected chi connectivity index (χ4v) is 2.93. The Bertz CT molecular complexity index is 950. The molecule has 0 bridgehead atoms. The van der Waals surface area contributed by atoms with Crippen LogP contribution >= 0.6 is 0 Å². The topological polar surface area (TPSA) is 46.5 Å². The van der Waals surface area contributed by atoms with Crippen molar-refractivity contribution >= 4 is 16.7 Å². The van der Waals surface area contributed by atoms with Crippen LogP contribution in [0.15, 0.2) is 54.6 Å². The van der Waals surface area contributed by atoms with Crippen LogP contribution in [0.2, 0.25) is 0 Å². The van der Waals surface area contributed by atoms with Crippen molar-refractivity contribution in [1.82, 2.24) is 0 Å². The number of carbonyl (C=O) groups excluding carboxylic acids is 1. The first-order valence-electron chi connectivity index (χ1n) is 8.01. The molecule has 0 radical (unpaired) electrons. The van der Waals surface area contributed by atoms with Crippen molar-refractivity contribution in [3.8, 4) is 16.9 Å². The maximum atomic E-state index is 12.5. The molecule has 0 aliphatic rings. The quantitative estimate of drug-likeness (QED) is 0.666. The zero-order valence-corrected chi connectivity index (χ0v) is 14.3. The Morgan fingerprint density at radius 1 is 1.00 bits per heavy atom. The van der Waals surface area contributed by atoms with Gasteiger partial charge in [0.05, 0.1) is 0 Å².